The van der Waals surface area contributed by atoms with Gasteiger partial charge in [-0.05, 0) is 29.8 Å². The molecular weight excluding hydrogens is 369 g/mol. The van der Waals surface area contributed by atoms with Gasteiger partial charge >= 0.3 is 0 Å². The minimum absolute atomic E-state index is 0.396. The lowest BCUT2D eigenvalue weighted by molar-refractivity contribution is 0.949. The highest BCUT2D eigenvalue weighted by Crippen LogP contribution is 2.31. The zero-order valence-corrected chi connectivity index (χ0v) is 14.6. The van der Waals surface area contributed by atoms with Crippen LogP contribution in [0.25, 0.3) is 0 Å². The van der Waals surface area contributed by atoms with Crippen LogP contribution in [-0.4, -0.2) is 15.2 Å². The second-order valence-electron chi connectivity index (χ2n) is 4.87. The maximum absolute atomic E-state index is 6.15. The summed E-state index contributed by atoms with van der Waals surface area (Å²) in [5, 5.41) is 15.6. The van der Waals surface area contributed by atoms with Crippen LogP contribution < -0.4 is 10.6 Å². The van der Waals surface area contributed by atoms with E-state index in [4.69, 9.17) is 34.8 Å². The number of benzene rings is 2. The number of nitrogens with zero attached hydrogens (tertiary/aromatic N) is 3. The normalized spacial score (nSPS) is 10.5. The van der Waals surface area contributed by atoms with E-state index in [-0.39, 0.29) is 0 Å². The molecule has 3 aromatic rings. The minimum Gasteiger partial charge on any atom is -0.349 e. The largest absolute Gasteiger partial charge is 0.349 e. The zero-order valence-electron chi connectivity index (χ0n) is 12.3. The standard InChI is InChI=1S/C16H12Cl3N5/c17-11-6-4-10(5-7-11)8-20-16-23-14(9-21-24-16)22-13-3-1-2-12(18)15(13)19/h1-7,9H,8H2,(H2,20,22,23,24). The van der Waals surface area contributed by atoms with Gasteiger partial charge in [-0.15, -0.1) is 5.10 Å². The average molecular weight is 381 g/mol. The maximum atomic E-state index is 6.15. The Labute approximate surface area is 154 Å². The number of anilines is 3. The molecule has 0 aliphatic carbocycles. The highest BCUT2D eigenvalue weighted by Gasteiger charge is 2.06. The highest BCUT2D eigenvalue weighted by molar-refractivity contribution is 6.43. The lowest BCUT2D eigenvalue weighted by Crippen LogP contribution is -2.06. The van der Waals surface area contributed by atoms with Crippen molar-refractivity contribution in [3.05, 3.63) is 69.3 Å². The van der Waals surface area contributed by atoms with E-state index >= 15 is 0 Å². The van der Waals surface area contributed by atoms with Crippen LogP contribution in [0.4, 0.5) is 17.5 Å². The van der Waals surface area contributed by atoms with E-state index in [9.17, 15) is 0 Å². The fourth-order valence-corrected chi connectivity index (χ4v) is 2.43. The van der Waals surface area contributed by atoms with Crippen LogP contribution in [-0.2, 0) is 6.54 Å². The molecule has 1 heterocycles. The van der Waals surface area contributed by atoms with Gasteiger partial charge in [0.1, 0.15) is 0 Å². The van der Waals surface area contributed by atoms with Gasteiger partial charge in [0.15, 0.2) is 5.82 Å². The van der Waals surface area contributed by atoms with Crippen molar-refractivity contribution in [2.45, 2.75) is 6.54 Å². The molecule has 0 aliphatic rings. The third-order valence-corrected chi connectivity index (χ3v) is 4.21. The molecule has 2 N–H and O–H groups in total. The van der Waals surface area contributed by atoms with Crippen LogP contribution in [0, 0.1) is 0 Å². The van der Waals surface area contributed by atoms with Crippen molar-refractivity contribution in [2.75, 3.05) is 10.6 Å². The molecule has 0 atom stereocenters. The predicted molar refractivity (Wildman–Crippen MR) is 98.4 cm³/mol. The first-order valence-electron chi connectivity index (χ1n) is 7.01. The number of hydrogen-bond acceptors (Lipinski definition) is 5. The van der Waals surface area contributed by atoms with Gasteiger partial charge in [0.25, 0.3) is 0 Å². The Bertz CT molecular complexity index is 839. The maximum Gasteiger partial charge on any atom is 0.244 e. The molecule has 2 aromatic carbocycles. The van der Waals surface area contributed by atoms with Crippen molar-refractivity contribution in [3.63, 3.8) is 0 Å². The van der Waals surface area contributed by atoms with E-state index in [1.807, 2.05) is 24.3 Å². The van der Waals surface area contributed by atoms with Gasteiger partial charge in [-0.2, -0.15) is 10.1 Å². The van der Waals surface area contributed by atoms with Crippen molar-refractivity contribution in [2.24, 2.45) is 0 Å². The molecule has 122 valence electrons. The molecule has 0 unspecified atom stereocenters. The van der Waals surface area contributed by atoms with Gasteiger partial charge in [0, 0.05) is 11.6 Å². The molecule has 0 amide bonds. The summed E-state index contributed by atoms with van der Waals surface area (Å²) in [6.07, 6.45) is 1.50. The molecule has 8 heteroatoms. The van der Waals surface area contributed by atoms with E-state index < -0.39 is 0 Å². The van der Waals surface area contributed by atoms with E-state index in [1.165, 1.54) is 6.20 Å². The first kappa shape index (κ1) is 16.8. The van der Waals surface area contributed by atoms with Gasteiger partial charge < -0.3 is 10.6 Å². The number of nitrogens with one attached hydrogen (secondary N) is 2. The molecule has 0 fully saturated rings. The summed E-state index contributed by atoms with van der Waals surface area (Å²) < 4.78 is 0. The molecule has 0 radical (unpaired) electrons. The number of halogens is 3. The van der Waals surface area contributed by atoms with Gasteiger partial charge in [-0.3, -0.25) is 0 Å². The Balaban J connectivity index is 1.69. The zero-order chi connectivity index (χ0) is 16.9. The van der Waals surface area contributed by atoms with Gasteiger partial charge in [-0.25, -0.2) is 0 Å². The third kappa shape index (κ3) is 4.26. The Kier molecular flexibility index (Phi) is 5.35. The van der Waals surface area contributed by atoms with Crippen LogP contribution in [0.5, 0.6) is 0 Å². The summed E-state index contributed by atoms with van der Waals surface area (Å²) in [5.41, 5.74) is 1.70. The van der Waals surface area contributed by atoms with E-state index in [0.29, 0.717) is 39.1 Å². The summed E-state index contributed by atoms with van der Waals surface area (Å²) in [7, 11) is 0. The Hall–Kier alpha value is -2.08. The summed E-state index contributed by atoms with van der Waals surface area (Å²) in [5.74, 6) is 0.904. The molecule has 1 aromatic heterocycles. The summed E-state index contributed by atoms with van der Waals surface area (Å²) in [6.45, 7) is 0.556. The fourth-order valence-electron chi connectivity index (χ4n) is 1.96. The number of aromatic nitrogens is 3. The third-order valence-electron chi connectivity index (χ3n) is 3.14. The van der Waals surface area contributed by atoms with Crippen molar-refractivity contribution < 1.29 is 0 Å². The Morgan fingerprint density at radius 3 is 2.54 bits per heavy atom. The average Bonchev–Trinajstić information content (AvgIpc) is 2.59. The van der Waals surface area contributed by atoms with Crippen molar-refractivity contribution in [1.29, 1.82) is 0 Å². The van der Waals surface area contributed by atoms with E-state index in [0.717, 1.165) is 5.56 Å². The first-order valence-corrected chi connectivity index (χ1v) is 8.14. The monoisotopic (exact) mass is 379 g/mol. The summed E-state index contributed by atoms with van der Waals surface area (Å²) >= 11 is 18.0. The summed E-state index contributed by atoms with van der Waals surface area (Å²) in [4.78, 5) is 4.35. The molecular formula is C16H12Cl3N5. The second-order valence-corrected chi connectivity index (χ2v) is 6.09. The molecule has 0 spiro atoms. The number of rotatable bonds is 5. The van der Waals surface area contributed by atoms with Gasteiger partial charge in [0.05, 0.1) is 21.9 Å². The van der Waals surface area contributed by atoms with Gasteiger partial charge in [-0.1, -0.05) is 53.0 Å². The predicted octanol–water partition coefficient (Wildman–Crippen LogP) is 5.19. The van der Waals surface area contributed by atoms with Crippen LogP contribution in [0.15, 0.2) is 48.7 Å². The first-order chi connectivity index (χ1) is 11.6. The lowest BCUT2D eigenvalue weighted by atomic mass is 10.2. The molecule has 0 aliphatic heterocycles. The second kappa shape index (κ2) is 7.66. The highest BCUT2D eigenvalue weighted by atomic mass is 35.5. The van der Waals surface area contributed by atoms with Crippen molar-refractivity contribution in [3.8, 4) is 0 Å². The van der Waals surface area contributed by atoms with Crippen molar-refractivity contribution in [1.82, 2.24) is 15.2 Å². The summed E-state index contributed by atoms with van der Waals surface area (Å²) in [6, 6.07) is 12.8. The van der Waals surface area contributed by atoms with Crippen LogP contribution >= 0.6 is 34.8 Å². The van der Waals surface area contributed by atoms with Crippen molar-refractivity contribution >= 4 is 52.3 Å². The van der Waals surface area contributed by atoms with Crippen LogP contribution in [0.2, 0.25) is 15.1 Å². The van der Waals surface area contributed by atoms with E-state index in [2.05, 4.69) is 25.8 Å². The SMILES string of the molecule is Clc1ccc(CNc2nncc(Nc3cccc(Cl)c3Cl)n2)cc1. The molecule has 3 rings (SSSR count). The lowest BCUT2D eigenvalue weighted by Gasteiger charge is -2.09. The van der Waals surface area contributed by atoms with E-state index in [1.54, 1.807) is 18.2 Å². The molecule has 5 nitrogen and oxygen atoms in total. The minimum atomic E-state index is 0.396. The number of hydrogen-bond donors (Lipinski definition) is 2. The Morgan fingerprint density at radius 1 is 0.958 bits per heavy atom. The Morgan fingerprint density at radius 2 is 1.75 bits per heavy atom. The van der Waals surface area contributed by atoms with Crippen LogP contribution in [0.3, 0.4) is 0 Å². The molecule has 0 saturated carbocycles. The van der Waals surface area contributed by atoms with Crippen LogP contribution in [0.1, 0.15) is 5.56 Å². The quantitative estimate of drug-likeness (QED) is 0.638. The topological polar surface area (TPSA) is 62.7 Å². The molecule has 0 saturated heterocycles. The fraction of sp³-hybridized carbons (Fsp3) is 0.0625. The molecule has 0 bridgehead atoms. The molecule has 24 heavy (non-hydrogen) atoms. The van der Waals surface area contributed by atoms with Gasteiger partial charge in [0.2, 0.25) is 5.95 Å². The smallest absolute Gasteiger partial charge is 0.244 e.